The number of aliphatic hydroxyl groups is 2. The molecule has 0 radical (unpaired) electrons. The molecule has 110 valence electrons. The first kappa shape index (κ1) is 14.9. The van der Waals surface area contributed by atoms with Gasteiger partial charge in [-0.05, 0) is 24.3 Å². The zero-order valence-electron chi connectivity index (χ0n) is 11.6. The number of nitrogens with one attached hydrogen (secondary N) is 2. The van der Waals surface area contributed by atoms with Gasteiger partial charge in [0.15, 0.2) is 0 Å². The van der Waals surface area contributed by atoms with Crippen LogP contribution in [0.5, 0.6) is 0 Å². The van der Waals surface area contributed by atoms with Crippen LogP contribution in [-0.2, 0) is 6.42 Å². The zero-order valence-corrected chi connectivity index (χ0v) is 11.6. The average Bonchev–Trinajstić information content (AvgIpc) is 2.87. The van der Waals surface area contributed by atoms with Gasteiger partial charge in [0.2, 0.25) is 0 Å². The van der Waals surface area contributed by atoms with Crippen LogP contribution in [0.3, 0.4) is 0 Å². The summed E-state index contributed by atoms with van der Waals surface area (Å²) in [4.78, 5) is 18.4. The summed E-state index contributed by atoms with van der Waals surface area (Å²) in [6, 6.07) is 0. The van der Waals surface area contributed by atoms with E-state index in [4.69, 9.17) is 5.11 Å². The van der Waals surface area contributed by atoms with Crippen molar-refractivity contribution in [2.45, 2.75) is 25.9 Å². The number of aliphatic hydroxyl groups excluding tert-OH is 2. The second kappa shape index (κ2) is 6.78. The Morgan fingerprint density at radius 1 is 1.55 bits per heavy atom. The molecule has 0 saturated heterocycles. The second-order valence-corrected chi connectivity index (χ2v) is 5.04. The van der Waals surface area contributed by atoms with Crippen LogP contribution >= 0.6 is 0 Å². The molecule has 0 aliphatic heterocycles. The van der Waals surface area contributed by atoms with Crippen molar-refractivity contribution < 1.29 is 10.2 Å². The largest absolute Gasteiger partial charge is 0.394 e. The second-order valence-electron chi connectivity index (χ2n) is 5.04. The topological polar surface area (TPSA) is 98.2 Å². The minimum absolute atomic E-state index is 0.0219. The van der Waals surface area contributed by atoms with Gasteiger partial charge in [0.05, 0.1) is 24.7 Å². The first-order chi connectivity index (χ1) is 9.67. The predicted molar refractivity (Wildman–Crippen MR) is 76.3 cm³/mol. The monoisotopic (exact) mass is 279 g/mol. The quantitative estimate of drug-likeness (QED) is 0.548. The normalized spacial score (nSPS) is 16.6. The average molecular weight is 279 g/mol. The third-order valence-corrected chi connectivity index (χ3v) is 3.78. The molecule has 1 aliphatic carbocycles. The molecule has 1 aromatic rings. The molecule has 0 bridgehead atoms. The molecule has 0 spiro atoms. The lowest BCUT2D eigenvalue weighted by molar-refractivity contribution is 0.0458. The molecular formula is C14H21N3O3. The minimum atomic E-state index is -0.696. The Morgan fingerprint density at radius 3 is 3.05 bits per heavy atom. The minimum Gasteiger partial charge on any atom is -0.394 e. The summed E-state index contributed by atoms with van der Waals surface area (Å²) in [6.45, 7) is 2.99. The van der Waals surface area contributed by atoms with E-state index in [1.807, 2.05) is 13.0 Å². The van der Waals surface area contributed by atoms with Crippen molar-refractivity contribution in [3.05, 3.63) is 34.0 Å². The molecule has 6 heteroatoms. The lowest BCUT2D eigenvalue weighted by Crippen LogP contribution is -2.34. The van der Waals surface area contributed by atoms with Crippen LogP contribution in [0, 0.1) is 5.92 Å². The van der Waals surface area contributed by atoms with Crippen molar-refractivity contribution in [1.82, 2.24) is 15.3 Å². The van der Waals surface area contributed by atoms with Crippen LogP contribution in [0.25, 0.3) is 5.57 Å². The molecule has 0 amide bonds. The van der Waals surface area contributed by atoms with Crippen molar-refractivity contribution in [2.24, 2.45) is 5.92 Å². The SMILES string of the molecule is CC[C@@H](CNCC1=CCc2c1nc[nH]c2=O)[C@@H](O)CO. The van der Waals surface area contributed by atoms with Crippen LogP contribution in [0.15, 0.2) is 17.2 Å². The standard InChI is InChI=1S/C14H21N3O3/c1-2-9(12(19)7-18)5-15-6-10-3-4-11-13(10)16-8-17-14(11)20/h3,8-9,12,15,18-19H,2,4-7H2,1H3,(H,16,17,20)/t9-,12-/m0/s1. The van der Waals surface area contributed by atoms with Gasteiger partial charge in [0, 0.05) is 18.7 Å². The van der Waals surface area contributed by atoms with Gasteiger partial charge in [0.25, 0.3) is 5.56 Å². The Hall–Kier alpha value is -1.50. The van der Waals surface area contributed by atoms with E-state index in [2.05, 4.69) is 15.3 Å². The fourth-order valence-electron chi connectivity index (χ4n) is 2.47. The summed E-state index contributed by atoms with van der Waals surface area (Å²) in [5.74, 6) is 0.0219. The molecule has 2 rings (SSSR count). The lowest BCUT2D eigenvalue weighted by Gasteiger charge is -2.20. The van der Waals surface area contributed by atoms with E-state index in [0.717, 1.165) is 17.7 Å². The third-order valence-electron chi connectivity index (χ3n) is 3.78. The summed E-state index contributed by atoms with van der Waals surface area (Å²) < 4.78 is 0. The number of hydrogen-bond donors (Lipinski definition) is 4. The van der Waals surface area contributed by atoms with Crippen molar-refractivity contribution in [1.29, 1.82) is 0 Å². The van der Waals surface area contributed by atoms with E-state index in [-0.39, 0.29) is 18.1 Å². The van der Waals surface area contributed by atoms with Crippen molar-refractivity contribution in [3.8, 4) is 0 Å². The van der Waals surface area contributed by atoms with Crippen LogP contribution < -0.4 is 10.9 Å². The molecule has 1 heterocycles. The number of allylic oxidation sites excluding steroid dienone is 1. The van der Waals surface area contributed by atoms with Crippen LogP contribution in [0.2, 0.25) is 0 Å². The van der Waals surface area contributed by atoms with E-state index < -0.39 is 6.10 Å². The lowest BCUT2D eigenvalue weighted by atomic mass is 10.00. The predicted octanol–water partition coefficient (Wildman–Crippen LogP) is -0.322. The van der Waals surface area contributed by atoms with E-state index in [1.54, 1.807) is 0 Å². The molecule has 2 atom stereocenters. The molecule has 20 heavy (non-hydrogen) atoms. The van der Waals surface area contributed by atoms with Crippen molar-refractivity contribution in [2.75, 3.05) is 19.7 Å². The van der Waals surface area contributed by atoms with Gasteiger partial charge in [0.1, 0.15) is 0 Å². The number of aromatic nitrogens is 2. The van der Waals surface area contributed by atoms with E-state index in [1.165, 1.54) is 6.33 Å². The van der Waals surface area contributed by atoms with Gasteiger partial charge in [-0.15, -0.1) is 0 Å². The maximum absolute atomic E-state index is 11.6. The van der Waals surface area contributed by atoms with Gasteiger partial charge in [-0.2, -0.15) is 0 Å². The summed E-state index contributed by atoms with van der Waals surface area (Å²) in [7, 11) is 0. The molecule has 1 aromatic heterocycles. The highest BCUT2D eigenvalue weighted by Gasteiger charge is 2.19. The number of hydrogen-bond acceptors (Lipinski definition) is 5. The Labute approximate surface area is 117 Å². The van der Waals surface area contributed by atoms with Gasteiger partial charge in [-0.3, -0.25) is 4.79 Å². The maximum atomic E-state index is 11.6. The van der Waals surface area contributed by atoms with Gasteiger partial charge >= 0.3 is 0 Å². The molecule has 0 aromatic carbocycles. The summed E-state index contributed by atoms with van der Waals surface area (Å²) in [6.07, 6.45) is 4.14. The Morgan fingerprint density at radius 2 is 2.35 bits per heavy atom. The van der Waals surface area contributed by atoms with Crippen molar-refractivity contribution >= 4 is 5.57 Å². The molecule has 0 saturated carbocycles. The first-order valence-electron chi connectivity index (χ1n) is 6.93. The van der Waals surface area contributed by atoms with Crippen LogP contribution in [0.1, 0.15) is 24.6 Å². The van der Waals surface area contributed by atoms with E-state index in [0.29, 0.717) is 25.1 Å². The molecule has 0 fully saturated rings. The Bertz CT molecular complexity index is 539. The third kappa shape index (κ3) is 3.15. The maximum Gasteiger partial charge on any atom is 0.254 e. The van der Waals surface area contributed by atoms with Crippen LogP contribution in [-0.4, -0.2) is 46.0 Å². The first-order valence-corrected chi connectivity index (χ1v) is 6.93. The molecular weight excluding hydrogens is 258 g/mol. The highest BCUT2D eigenvalue weighted by molar-refractivity contribution is 5.70. The summed E-state index contributed by atoms with van der Waals surface area (Å²) in [5.41, 5.74) is 2.41. The molecule has 4 N–H and O–H groups in total. The molecule has 1 aliphatic rings. The Balaban J connectivity index is 1.91. The zero-order chi connectivity index (χ0) is 14.5. The highest BCUT2D eigenvalue weighted by atomic mass is 16.3. The number of aromatic amines is 1. The van der Waals surface area contributed by atoms with E-state index in [9.17, 15) is 9.90 Å². The molecule has 6 nitrogen and oxygen atoms in total. The van der Waals surface area contributed by atoms with Crippen LogP contribution in [0.4, 0.5) is 0 Å². The fraction of sp³-hybridized carbons (Fsp3) is 0.571. The summed E-state index contributed by atoms with van der Waals surface area (Å²) in [5, 5.41) is 21.9. The fourth-order valence-corrected chi connectivity index (χ4v) is 2.47. The number of nitrogens with zero attached hydrogens (tertiary/aromatic N) is 1. The number of H-pyrrole nitrogens is 1. The smallest absolute Gasteiger partial charge is 0.254 e. The molecule has 0 unspecified atom stereocenters. The van der Waals surface area contributed by atoms with Gasteiger partial charge < -0.3 is 20.5 Å². The highest BCUT2D eigenvalue weighted by Crippen LogP contribution is 2.21. The van der Waals surface area contributed by atoms with E-state index >= 15 is 0 Å². The number of rotatable bonds is 7. The van der Waals surface area contributed by atoms with Gasteiger partial charge in [-0.25, -0.2) is 4.98 Å². The van der Waals surface area contributed by atoms with Crippen molar-refractivity contribution in [3.63, 3.8) is 0 Å². The number of fused-ring (bicyclic) bond motifs is 1. The van der Waals surface area contributed by atoms with Gasteiger partial charge in [-0.1, -0.05) is 13.0 Å². The summed E-state index contributed by atoms with van der Waals surface area (Å²) >= 11 is 0. The Kier molecular flexibility index (Phi) is 5.05.